The van der Waals surface area contributed by atoms with Gasteiger partial charge in [-0.25, -0.2) is 0 Å². The second-order valence-corrected chi connectivity index (χ2v) is 6.19. The fourth-order valence-electron chi connectivity index (χ4n) is 1.94. The molecule has 0 saturated carbocycles. The highest BCUT2D eigenvalue weighted by Gasteiger charge is 2.09. The first-order chi connectivity index (χ1) is 9.65. The highest BCUT2D eigenvalue weighted by Crippen LogP contribution is 2.17. The van der Waals surface area contributed by atoms with Gasteiger partial charge in [-0.2, -0.15) is 0 Å². The average Bonchev–Trinajstić information content (AvgIpc) is 2.83. The SMILES string of the molecule is COCCN(Cc1cc(C#CCCO)cs1)CC(C)C. The van der Waals surface area contributed by atoms with Crippen molar-refractivity contribution in [2.24, 2.45) is 5.92 Å². The van der Waals surface area contributed by atoms with Crippen LogP contribution in [-0.2, 0) is 11.3 Å². The second-order valence-electron chi connectivity index (χ2n) is 5.20. The minimum Gasteiger partial charge on any atom is -0.395 e. The third kappa shape index (κ3) is 7.06. The van der Waals surface area contributed by atoms with Crippen molar-refractivity contribution in [3.8, 4) is 11.8 Å². The van der Waals surface area contributed by atoms with Crippen LogP contribution in [0.25, 0.3) is 0 Å². The van der Waals surface area contributed by atoms with Crippen molar-refractivity contribution in [2.75, 3.05) is 33.4 Å². The molecule has 0 unspecified atom stereocenters. The van der Waals surface area contributed by atoms with Crippen molar-refractivity contribution in [3.63, 3.8) is 0 Å². The van der Waals surface area contributed by atoms with Crippen molar-refractivity contribution < 1.29 is 9.84 Å². The first-order valence-corrected chi connectivity index (χ1v) is 7.92. The number of hydrogen-bond donors (Lipinski definition) is 1. The molecular formula is C16H25NO2S. The summed E-state index contributed by atoms with van der Waals surface area (Å²) in [7, 11) is 1.74. The molecule has 1 N–H and O–H groups in total. The van der Waals surface area contributed by atoms with Crippen molar-refractivity contribution >= 4 is 11.3 Å². The second kappa shape index (κ2) is 9.95. The Kier molecular flexibility index (Phi) is 8.56. The Balaban J connectivity index is 2.57. The van der Waals surface area contributed by atoms with E-state index in [0.717, 1.165) is 31.8 Å². The van der Waals surface area contributed by atoms with Crippen LogP contribution in [0.3, 0.4) is 0 Å². The molecular weight excluding hydrogens is 270 g/mol. The van der Waals surface area contributed by atoms with Crippen LogP contribution in [0.5, 0.6) is 0 Å². The van der Waals surface area contributed by atoms with E-state index in [1.807, 2.05) is 0 Å². The predicted octanol–water partition coefficient (Wildman–Crippen LogP) is 2.59. The molecule has 0 spiro atoms. The van der Waals surface area contributed by atoms with E-state index in [1.54, 1.807) is 18.4 Å². The van der Waals surface area contributed by atoms with E-state index in [-0.39, 0.29) is 6.61 Å². The van der Waals surface area contributed by atoms with Crippen LogP contribution in [0, 0.1) is 17.8 Å². The van der Waals surface area contributed by atoms with Gasteiger partial charge in [0.1, 0.15) is 0 Å². The van der Waals surface area contributed by atoms with E-state index in [0.29, 0.717) is 12.3 Å². The first-order valence-electron chi connectivity index (χ1n) is 7.04. The summed E-state index contributed by atoms with van der Waals surface area (Å²) >= 11 is 1.75. The lowest BCUT2D eigenvalue weighted by Crippen LogP contribution is -2.30. The molecule has 0 radical (unpaired) electrons. The lowest BCUT2D eigenvalue weighted by atomic mass is 10.2. The largest absolute Gasteiger partial charge is 0.395 e. The van der Waals surface area contributed by atoms with Crippen LogP contribution in [0.4, 0.5) is 0 Å². The van der Waals surface area contributed by atoms with Gasteiger partial charge in [-0.1, -0.05) is 25.7 Å². The lowest BCUT2D eigenvalue weighted by molar-refractivity contribution is 0.136. The van der Waals surface area contributed by atoms with Crippen LogP contribution in [0.2, 0.25) is 0 Å². The molecule has 1 rings (SSSR count). The number of nitrogens with zero attached hydrogens (tertiary/aromatic N) is 1. The highest BCUT2D eigenvalue weighted by atomic mass is 32.1. The Morgan fingerprint density at radius 1 is 1.45 bits per heavy atom. The molecule has 0 saturated heterocycles. The molecule has 0 aliphatic rings. The monoisotopic (exact) mass is 295 g/mol. The summed E-state index contributed by atoms with van der Waals surface area (Å²) in [5, 5.41) is 10.8. The molecule has 0 bridgehead atoms. The van der Waals surface area contributed by atoms with Crippen LogP contribution in [0.15, 0.2) is 11.4 Å². The van der Waals surface area contributed by atoms with Gasteiger partial charge in [0.05, 0.1) is 13.2 Å². The molecule has 0 amide bonds. The van der Waals surface area contributed by atoms with Crippen LogP contribution >= 0.6 is 11.3 Å². The molecule has 0 fully saturated rings. The fourth-order valence-corrected chi connectivity index (χ4v) is 2.80. The van der Waals surface area contributed by atoms with Gasteiger partial charge in [0.15, 0.2) is 0 Å². The molecule has 20 heavy (non-hydrogen) atoms. The van der Waals surface area contributed by atoms with Gasteiger partial charge in [0.25, 0.3) is 0 Å². The topological polar surface area (TPSA) is 32.7 Å². The summed E-state index contributed by atoms with van der Waals surface area (Å²) in [6, 6.07) is 2.15. The van der Waals surface area contributed by atoms with Crippen LogP contribution in [-0.4, -0.2) is 43.4 Å². The summed E-state index contributed by atoms with van der Waals surface area (Å²) in [5.41, 5.74) is 1.05. The smallest absolute Gasteiger partial charge is 0.0589 e. The molecule has 3 nitrogen and oxygen atoms in total. The van der Waals surface area contributed by atoms with Gasteiger partial charge in [-0.05, 0) is 12.0 Å². The molecule has 0 aliphatic carbocycles. The van der Waals surface area contributed by atoms with Gasteiger partial charge in [-0.15, -0.1) is 11.3 Å². The van der Waals surface area contributed by atoms with Gasteiger partial charge >= 0.3 is 0 Å². The first kappa shape index (κ1) is 17.2. The van der Waals surface area contributed by atoms with E-state index < -0.39 is 0 Å². The Morgan fingerprint density at radius 2 is 2.25 bits per heavy atom. The van der Waals surface area contributed by atoms with E-state index in [2.05, 4.69) is 42.0 Å². The molecule has 1 heterocycles. The standard InChI is InChI=1S/C16H25NO2S/c1-14(2)11-17(7-9-19-3)12-16-10-15(13-20-16)6-4-5-8-18/h10,13-14,18H,5,7-9,11-12H2,1-3H3. The summed E-state index contributed by atoms with van der Waals surface area (Å²) < 4.78 is 5.18. The molecule has 1 aromatic rings. The quantitative estimate of drug-likeness (QED) is 0.748. The zero-order valence-electron chi connectivity index (χ0n) is 12.7. The molecule has 4 heteroatoms. The zero-order chi connectivity index (χ0) is 14.8. The Morgan fingerprint density at radius 3 is 2.90 bits per heavy atom. The Labute approximate surface area is 126 Å². The van der Waals surface area contributed by atoms with Crippen molar-refractivity contribution in [3.05, 3.63) is 21.9 Å². The Hall–Kier alpha value is -0.860. The number of aliphatic hydroxyl groups is 1. The molecule has 1 aromatic heterocycles. The maximum absolute atomic E-state index is 8.72. The third-order valence-electron chi connectivity index (χ3n) is 2.74. The number of ether oxygens (including phenoxy) is 1. The van der Waals surface area contributed by atoms with Gasteiger partial charge < -0.3 is 9.84 Å². The maximum Gasteiger partial charge on any atom is 0.0589 e. The molecule has 0 aliphatic heterocycles. The van der Waals surface area contributed by atoms with E-state index in [4.69, 9.17) is 9.84 Å². The zero-order valence-corrected chi connectivity index (χ0v) is 13.5. The van der Waals surface area contributed by atoms with Crippen LogP contribution < -0.4 is 0 Å². The Bertz CT molecular complexity index is 431. The van der Waals surface area contributed by atoms with E-state index in [9.17, 15) is 0 Å². The summed E-state index contributed by atoms with van der Waals surface area (Å²) in [6.45, 7) is 8.35. The molecule has 0 aromatic carbocycles. The maximum atomic E-state index is 8.72. The molecule has 112 valence electrons. The summed E-state index contributed by atoms with van der Waals surface area (Å²) in [6.07, 6.45) is 0.540. The number of aliphatic hydroxyl groups excluding tert-OH is 1. The van der Waals surface area contributed by atoms with E-state index >= 15 is 0 Å². The number of methoxy groups -OCH3 is 1. The minimum atomic E-state index is 0.128. The fraction of sp³-hybridized carbons (Fsp3) is 0.625. The third-order valence-corrected chi connectivity index (χ3v) is 3.66. The van der Waals surface area contributed by atoms with Gasteiger partial charge in [0, 0.05) is 49.0 Å². The van der Waals surface area contributed by atoms with Crippen molar-refractivity contribution in [2.45, 2.75) is 26.8 Å². The lowest BCUT2D eigenvalue weighted by Gasteiger charge is -2.23. The minimum absolute atomic E-state index is 0.128. The van der Waals surface area contributed by atoms with Gasteiger partial charge in [0.2, 0.25) is 0 Å². The average molecular weight is 295 g/mol. The van der Waals surface area contributed by atoms with Gasteiger partial charge in [-0.3, -0.25) is 4.90 Å². The van der Waals surface area contributed by atoms with Crippen LogP contribution in [0.1, 0.15) is 30.7 Å². The highest BCUT2D eigenvalue weighted by molar-refractivity contribution is 7.10. The number of thiophene rings is 1. The van der Waals surface area contributed by atoms with Crippen molar-refractivity contribution in [1.29, 1.82) is 0 Å². The number of hydrogen-bond acceptors (Lipinski definition) is 4. The predicted molar refractivity (Wildman–Crippen MR) is 84.9 cm³/mol. The number of rotatable bonds is 8. The van der Waals surface area contributed by atoms with E-state index in [1.165, 1.54) is 4.88 Å². The molecule has 0 atom stereocenters. The normalized spacial score (nSPS) is 10.9. The summed E-state index contributed by atoms with van der Waals surface area (Å²) in [5.74, 6) is 6.69. The van der Waals surface area contributed by atoms with Crippen molar-refractivity contribution in [1.82, 2.24) is 4.90 Å². The summed E-state index contributed by atoms with van der Waals surface area (Å²) in [4.78, 5) is 3.75.